The highest BCUT2D eigenvalue weighted by Crippen LogP contribution is 2.35. The van der Waals surface area contributed by atoms with Gasteiger partial charge < -0.3 is 19.0 Å². The van der Waals surface area contributed by atoms with Crippen molar-refractivity contribution in [3.05, 3.63) is 62.6 Å². The zero-order chi connectivity index (χ0) is 20.8. The average Bonchev–Trinajstić information content (AvgIpc) is 2.73. The van der Waals surface area contributed by atoms with Gasteiger partial charge in [-0.1, -0.05) is 6.07 Å². The maximum Gasteiger partial charge on any atom is 0.258 e. The molecule has 1 N–H and O–H groups in total. The van der Waals surface area contributed by atoms with Crippen LogP contribution in [0.4, 0.5) is 0 Å². The summed E-state index contributed by atoms with van der Waals surface area (Å²) in [6.07, 6.45) is 1.10. The second-order valence-electron chi connectivity index (χ2n) is 8.13. The van der Waals surface area contributed by atoms with Gasteiger partial charge in [-0.3, -0.25) is 14.5 Å². The first-order valence-corrected chi connectivity index (χ1v) is 10.1. The van der Waals surface area contributed by atoms with Crippen LogP contribution >= 0.6 is 0 Å². The predicted molar refractivity (Wildman–Crippen MR) is 112 cm³/mol. The van der Waals surface area contributed by atoms with Gasteiger partial charge in [0.15, 0.2) is 11.5 Å². The summed E-state index contributed by atoms with van der Waals surface area (Å²) in [6, 6.07) is 8.93. The number of H-pyrrole nitrogens is 1. The minimum absolute atomic E-state index is 0.0838. The summed E-state index contributed by atoms with van der Waals surface area (Å²) in [7, 11) is 3.10. The molecule has 5 rings (SSSR count). The number of piperidine rings is 1. The number of aromatic amines is 1. The van der Waals surface area contributed by atoms with E-state index in [1.807, 2.05) is 10.6 Å². The predicted octanol–water partition coefficient (Wildman–Crippen LogP) is 1.72. The molecule has 1 aromatic carbocycles. The summed E-state index contributed by atoms with van der Waals surface area (Å²) in [5.41, 5.74) is 1.59. The standard InChI is InChI=1S/C22H24N4O4/c1-29-18-7-15-16(8-19(18)30-2)23-20(24-22(15)28)12-25-9-13-6-14(11-25)17-4-3-5-21(27)26(17)10-13/h3-5,7-8,13-14H,6,9-12H2,1-2H3,(H,23,24,28). The van der Waals surface area contributed by atoms with E-state index in [1.54, 1.807) is 32.4 Å². The highest BCUT2D eigenvalue weighted by molar-refractivity contribution is 5.81. The van der Waals surface area contributed by atoms with Crippen LogP contribution in [0.5, 0.6) is 11.5 Å². The Morgan fingerprint density at radius 3 is 2.70 bits per heavy atom. The topological polar surface area (TPSA) is 89.5 Å². The highest BCUT2D eigenvalue weighted by atomic mass is 16.5. The second kappa shape index (κ2) is 7.28. The summed E-state index contributed by atoms with van der Waals surface area (Å²) in [5, 5.41) is 0.472. The molecule has 2 bridgehead atoms. The molecule has 0 saturated carbocycles. The van der Waals surface area contributed by atoms with Gasteiger partial charge in [-0.25, -0.2) is 4.98 Å². The van der Waals surface area contributed by atoms with Crippen molar-refractivity contribution in [2.75, 3.05) is 27.3 Å². The Morgan fingerprint density at radius 1 is 1.10 bits per heavy atom. The lowest BCUT2D eigenvalue weighted by atomic mass is 9.83. The number of methoxy groups -OCH3 is 2. The van der Waals surface area contributed by atoms with Crippen molar-refractivity contribution in [1.82, 2.24) is 19.4 Å². The van der Waals surface area contributed by atoms with Crippen LogP contribution in [0.3, 0.4) is 0 Å². The summed E-state index contributed by atoms with van der Waals surface area (Å²) in [6.45, 7) is 3.03. The van der Waals surface area contributed by atoms with E-state index in [4.69, 9.17) is 9.47 Å². The van der Waals surface area contributed by atoms with Gasteiger partial charge >= 0.3 is 0 Å². The zero-order valence-electron chi connectivity index (χ0n) is 17.1. The van der Waals surface area contributed by atoms with Crippen LogP contribution < -0.4 is 20.6 Å². The van der Waals surface area contributed by atoms with Crippen molar-refractivity contribution in [2.45, 2.75) is 25.4 Å². The number of rotatable bonds is 4. The van der Waals surface area contributed by atoms with Crippen LogP contribution in [0, 0.1) is 5.92 Å². The van der Waals surface area contributed by atoms with Gasteiger partial charge in [0, 0.05) is 43.4 Å². The van der Waals surface area contributed by atoms with E-state index in [9.17, 15) is 9.59 Å². The number of nitrogens with zero attached hydrogens (tertiary/aromatic N) is 3. The summed E-state index contributed by atoms with van der Waals surface area (Å²) in [4.78, 5) is 34.8. The first-order valence-electron chi connectivity index (χ1n) is 10.1. The molecule has 8 nitrogen and oxygen atoms in total. The van der Waals surface area contributed by atoms with E-state index in [0.717, 1.165) is 31.7 Å². The molecular formula is C22H24N4O4. The molecule has 8 heteroatoms. The lowest BCUT2D eigenvalue weighted by molar-refractivity contribution is 0.112. The Labute approximate surface area is 173 Å². The van der Waals surface area contributed by atoms with Crippen LogP contribution in [0.1, 0.15) is 23.9 Å². The van der Waals surface area contributed by atoms with Gasteiger partial charge in [-0.05, 0) is 24.5 Å². The highest BCUT2D eigenvalue weighted by Gasteiger charge is 2.34. The Hall–Kier alpha value is -3.13. The number of aromatic nitrogens is 3. The summed E-state index contributed by atoms with van der Waals surface area (Å²) in [5.74, 6) is 2.42. The maximum absolute atomic E-state index is 12.7. The maximum atomic E-state index is 12.7. The number of likely N-dealkylation sites (tertiary alicyclic amines) is 1. The first-order chi connectivity index (χ1) is 14.6. The summed E-state index contributed by atoms with van der Waals surface area (Å²) >= 11 is 0. The van der Waals surface area contributed by atoms with Gasteiger partial charge in [0.05, 0.1) is 31.7 Å². The molecular weight excluding hydrogens is 384 g/mol. The largest absolute Gasteiger partial charge is 0.493 e. The molecule has 0 aliphatic carbocycles. The van der Waals surface area contributed by atoms with Gasteiger partial charge in [-0.15, -0.1) is 0 Å². The van der Waals surface area contributed by atoms with Gasteiger partial charge in [0.2, 0.25) is 0 Å². The lowest BCUT2D eigenvalue weighted by Crippen LogP contribution is -2.46. The number of fused-ring (bicyclic) bond motifs is 5. The smallest absolute Gasteiger partial charge is 0.258 e. The molecule has 2 aliphatic rings. The van der Waals surface area contributed by atoms with E-state index >= 15 is 0 Å². The quantitative estimate of drug-likeness (QED) is 0.707. The monoisotopic (exact) mass is 408 g/mol. The third-order valence-corrected chi connectivity index (χ3v) is 6.19. The van der Waals surface area contributed by atoms with Crippen LogP contribution in [0.2, 0.25) is 0 Å². The Balaban J connectivity index is 1.44. The molecule has 1 saturated heterocycles. The van der Waals surface area contributed by atoms with E-state index in [-0.39, 0.29) is 11.1 Å². The van der Waals surface area contributed by atoms with Crippen LogP contribution in [0.15, 0.2) is 39.9 Å². The molecule has 30 heavy (non-hydrogen) atoms. The average molecular weight is 408 g/mol. The lowest BCUT2D eigenvalue weighted by Gasteiger charge is -2.42. The second-order valence-corrected chi connectivity index (χ2v) is 8.13. The van der Waals surface area contributed by atoms with Crippen molar-refractivity contribution in [2.24, 2.45) is 5.92 Å². The zero-order valence-corrected chi connectivity index (χ0v) is 17.1. The molecule has 0 amide bonds. The number of benzene rings is 1. The third kappa shape index (κ3) is 3.17. The van der Waals surface area contributed by atoms with Gasteiger partial charge in [0.25, 0.3) is 11.1 Å². The molecule has 1 fully saturated rings. The van der Waals surface area contributed by atoms with Crippen LogP contribution in [0.25, 0.3) is 10.9 Å². The normalized spacial score (nSPS) is 20.7. The van der Waals surface area contributed by atoms with E-state index in [1.165, 1.54) is 0 Å². The minimum Gasteiger partial charge on any atom is -0.493 e. The minimum atomic E-state index is -0.190. The number of nitrogens with one attached hydrogen (secondary N) is 1. The number of pyridine rings is 1. The number of ether oxygens (including phenoxy) is 2. The molecule has 2 aromatic heterocycles. The van der Waals surface area contributed by atoms with Crippen molar-refractivity contribution < 1.29 is 9.47 Å². The van der Waals surface area contributed by atoms with Crippen molar-refractivity contribution in [3.8, 4) is 11.5 Å². The Bertz CT molecular complexity index is 1230. The van der Waals surface area contributed by atoms with Crippen molar-refractivity contribution in [1.29, 1.82) is 0 Å². The van der Waals surface area contributed by atoms with Crippen LogP contribution in [-0.2, 0) is 13.1 Å². The molecule has 2 atom stereocenters. The van der Waals surface area contributed by atoms with E-state index in [2.05, 4.69) is 20.9 Å². The van der Waals surface area contributed by atoms with Crippen LogP contribution in [-0.4, -0.2) is 46.7 Å². The molecule has 156 valence electrons. The van der Waals surface area contributed by atoms with E-state index < -0.39 is 0 Å². The Morgan fingerprint density at radius 2 is 1.90 bits per heavy atom. The fourth-order valence-corrected chi connectivity index (χ4v) is 4.93. The number of hydrogen-bond acceptors (Lipinski definition) is 6. The molecule has 0 radical (unpaired) electrons. The Kier molecular flexibility index (Phi) is 4.58. The SMILES string of the molecule is COc1cc2nc(CN3CC4CC(C3)c3cccc(=O)n3C4)[nH]c(=O)c2cc1OC. The fourth-order valence-electron chi connectivity index (χ4n) is 4.93. The third-order valence-electron chi connectivity index (χ3n) is 6.19. The molecule has 3 aromatic rings. The van der Waals surface area contributed by atoms with Gasteiger partial charge in [-0.2, -0.15) is 0 Å². The molecule has 2 unspecified atom stereocenters. The molecule has 2 aliphatic heterocycles. The molecule has 0 spiro atoms. The van der Waals surface area contributed by atoms with Crippen molar-refractivity contribution in [3.63, 3.8) is 0 Å². The number of hydrogen-bond donors (Lipinski definition) is 1. The fraction of sp³-hybridized carbons (Fsp3) is 0.409. The summed E-state index contributed by atoms with van der Waals surface area (Å²) < 4.78 is 12.6. The van der Waals surface area contributed by atoms with E-state index in [0.29, 0.717) is 46.6 Å². The van der Waals surface area contributed by atoms with Gasteiger partial charge in [0.1, 0.15) is 5.82 Å². The van der Waals surface area contributed by atoms with Crippen molar-refractivity contribution >= 4 is 10.9 Å². The first kappa shape index (κ1) is 18.9. The molecule has 4 heterocycles.